The normalized spacial score (nSPS) is 11.7. The van der Waals surface area contributed by atoms with Gasteiger partial charge in [-0.1, -0.05) is 23.7 Å². The van der Waals surface area contributed by atoms with Gasteiger partial charge in [-0.3, -0.25) is 4.79 Å². The second kappa shape index (κ2) is 6.08. The molecule has 2 aromatic rings. The minimum Gasteiger partial charge on any atom is -0.496 e. The first-order chi connectivity index (χ1) is 9.56. The number of carbonyl (C=O) groups is 1. The Bertz CT molecular complexity index is 687. The standard InChI is InChI=1S/C15H12ClNO2S/c1-9-3-4-10(7-12(9)19-2)11(8-17)15(18)13-5-6-14(16)20-13/h3-7,11H,1-2H3. The Morgan fingerprint density at radius 2 is 2.15 bits per heavy atom. The number of aryl methyl sites for hydroxylation is 1. The van der Waals surface area contributed by atoms with E-state index in [1.165, 1.54) is 11.3 Å². The number of hydrogen-bond acceptors (Lipinski definition) is 4. The van der Waals surface area contributed by atoms with Crippen LogP contribution in [0.1, 0.15) is 26.7 Å². The van der Waals surface area contributed by atoms with Crippen LogP contribution in [0.3, 0.4) is 0 Å². The molecule has 0 N–H and O–H groups in total. The van der Waals surface area contributed by atoms with Crippen LogP contribution in [0.5, 0.6) is 5.75 Å². The molecule has 1 aromatic carbocycles. The van der Waals surface area contributed by atoms with Gasteiger partial charge in [0.05, 0.1) is 22.4 Å². The molecular formula is C15H12ClNO2S. The Kier molecular flexibility index (Phi) is 4.43. The number of ether oxygens (including phenoxy) is 1. The number of ketones is 1. The average Bonchev–Trinajstić information content (AvgIpc) is 2.88. The molecule has 0 spiro atoms. The van der Waals surface area contributed by atoms with Crippen molar-refractivity contribution in [3.05, 3.63) is 50.7 Å². The summed E-state index contributed by atoms with van der Waals surface area (Å²) in [6.07, 6.45) is 0. The van der Waals surface area contributed by atoms with Crippen molar-refractivity contribution >= 4 is 28.7 Å². The van der Waals surface area contributed by atoms with Crippen molar-refractivity contribution in [1.29, 1.82) is 5.26 Å². The van der Waals surface area contributed by atoms with E-state index in [-0.39, 0.29) is 5.78 Å². The highest BCUT2D eigenvalue weighted by Gasteiger charge is 2.23. The summed E-state index contributed by atoms with van der Waals surface area (Å²) in [5, 5.41) is 9.31. The first-order valence-corrected chi connectivity index (χ1v) is 7.10. The van der Waals surface area contributed by atoms with E-state index in [0.717, 1.165) is 5.56 Å². The zero-order valence-electron chi connectivity index (χ0n) is 11.0. The molecule has 0 radical (unpaired) electrons. The molecule has 5 heteroatoms. The molecule has 0 bridgehead atoms. The molecule has 0 fully saturated rings. The van der Waals surface area contributed by atoms with Crippen LogP contribution < -0.4 is 4.74 Å². The largest absolute Gasteiger partial charge is 0.496 e. The lowest BCUT2D eigenvalue weighted by Crippen LogP contribution is -2.10. The SMILES string of the molecule is COc1cc(C(C#N)C(=O)c2ccc(Cl)s2)ccc1C. The second-order valence-corrected chi connectivity index (χ2v) is 5.97. The molecule has 3 nitrogen and oxygen atoms in total. The Morgan fingerprint density at radius 3 is 2.70 bits per heavy atom. The lowest BCUT2D eigenvalue weighted by molar-refractivity contribution is 0.0983. The summed E-state index contributed by atoms with van der Waals surface area (Å²) in [6, 6.07) is 10.7. The highest BCUT2D eigenvalue weighted by atomic mass is 35.5. The number of rotatable bonds is 4. The van der Waals surface area contributed by atoms with Gasteiger partial charge in [0.1, 0.15) is 11.7 Å². The molecule has 0 aliphatic heterocycles. The number of hydrogen-bond donors (Lipinski definition) is 0. The Morgan fingerprint density at radius 1 is 1.40 bits per heavy atom. The zero-order valence-corrected chi connectivity index (χ0v) is 12.6. The molecule has 0 aliphatic rings. The third kappa shape index (κ3) is 2.84. The third-order valence-corrected chi connectivity index (χ3v) is 4.22. The topological polar surface area (TPSA) is 50.1 Å². The molecule has 20 heavy (non-hydrogen) atoms. The summed E-state index contributed by atoms with van der Waals surface area (Å²) < 4.78 is 5.76. The van der Waals surface area contributed by atoms with Crippen LogP contribution >= 0.6 is 22.9 Å². The molecule has 0 saturated carbocycles. The minimum atomic E-state index is -0.848. The first kappa shape index (κ1) is 14.6. The van der Waals surface area contributed by atoms with Gasteiger partial charge >= 0.3 is 0 Å². The Labute approximate surface area is 126 Å². The maximum Gasteiger partial charge on any atom is 0.194 e. The smallest absolute Gasteiger partial charge is 0.194 e. The van der Waals surface area contributed by atoms with E-state index >= 15 is 0 Å². The van der Waals surface area contributed by atoms with Crippen LogP contribution in [-0.4, -0.2) is 12.9 Å². The minimum absolute atomic E-state index is 0.240. The number of Topliss-reactive ketones (excluding diaryl/α,β-unsaturated/α-hetero) is 1. The summed E-state index contributed by atoms with van der Waals surface area (Å²) in [5.41, 5.74) is 1.59. The van der Waals surface area contributed by atoms with Crippen molar-refractivity contribution in [3.8, 4) is 11.8 Å². The maximum atomic E-state index is 12.4. The van der Waals surface area contributed by atoms with Gasteiger partial charge in [-0.05, 0) is 36.2 Å². The van der Waals surface area contributed by atoms with E-state index in [0.29, 0.717) is 20.5 Å². The highest BCUT2D eigenvalue weighted by molar-refractivity contribution is 7.18. The van der Waals surface area contributed by atoms with Crippen molar-refractivity contribution in [1.82, 2.24) is 0 Å². The van der Waals surface area contributed by atoms with Gasteiger partial charge in [0.2, 0.25) is 0 Å². The van der Waals surface area contributed by atoms with E-state index in [1.807, 2.05) is 13.0 Å². The fraction of sp³-hybridized carbons (Fsp3) is 0.200. The fourth-order valence-corrected chi connectivity index (χ4v) is 2.90. The van der Waals surface area contributed by atoms with E-state index in [4.69, 9.17) is 16.3 Å². The fourth-order valence-electron chi connectivity index (χ4n) is 1.89. The molecule has 1 heterocycles. The average molecular weight is 306 g/mol. The molecule has 1 atom stereocenters. The summed E-state index contributed by atoms with van der Waals surface area (Å²) in [5.74, 6) is -0.422. The molecule has 2 rings (SSSR count). The van der Waals surface area contributed by atoms with Gasteiger partial charge in [-0.2, -0.15) is 5.26 Å². The Hall–Kier alpha value is -1.83. The number of thiophene rings is 1. The second-order valence-electron chi connectivity index (χ2n) is 4.26. The quantitative estimate of drug-likeness (QED) is 0.795. The van der Waals surface area contributed by atoms with Crippen LogP contribution in [0, 0.1) is 18.3 Å². The molecule has 102 valence electrons. The summed E-state index contributed by atoms with van der Waals surface area (Å²) >= 11 is 7.01. The molecule has 0 saturated heterocycles. The number of methoxy groups -OCH3 is 1. The van der Waals surface area contributed by atoms with Gasteiger partial charge in [-0.25, -0.2) is 0 Å². The van der Waals surface area contributed by atoms with E-state index in [2.05, 4.69) is 6.07 Å². The molecule has 1 unspecified atom stereocenters. The summed E-state index contributed by atoms with van der Waals surface area (Å²) in [4.78, 5) is 12.8. The zero-order chi connectivity index (χ0) is 14.7. The van der Waals surface area contributed by atoms with Crippen molar-refractivity contribution < 1.29 is 9.53 Å². The van der Waals surface area contributed by atoms with Crippen LogP contribution in [0.4, 0.5) is 0 Å². The molecular weight excluding hydrogens is 294 g/mol. The first-order valence-electron chi connectivity index (χ1n) is 5.90. The lowest BCUT2D eigenvalue weighted by atomic mass is 9.94. The lowest BCUT2D eigenvalue weighted by Gasteiger charge is -2.11. The van der Waals surface area contributed by atoms with Crippen molar-refractivity contribution in [3.63, 3.8) is 0 Å². The monoisotopic (exact) mass is 305 g/mol. The van der Waals surface area contributed by atoms with Crippen LogP contribution in [0.25, 0.3) is 0 Å². The molecule has 0 amide bonds. The number of benzene rings is 1. The van der Waals surface area contributed by atoms with Crippen molar-refractivity contribution in [2.45, 2.75) is 12.8 Å². The maximum absolute atomic E-state index is 12.4. The van der Waals surface area contributed by atoms with Crippen molar-refractivity contribution in [2.24, 2.45) is 0 Å². The third-order valence-electron chi connectivity index (χ3n) is 2.97. The van der Waals surface area contributed by atoms with E-state index < -0.39 is 5.92 Å². The van der Waals surface area contributed by atoms with Crippen LogP contribution in [0.15, 0.2) is 30.3 Å². The van der Waals surface area contributed by atoms with Gasteiger partial charge < -0.3 is 4.74 Å². The Balaban J connectivity index is 2.38. The highest BCUT2D eigenvalue weighted by Crippen LogP contribution is 2.30. The number of nitriles is 1. The van der Waals surface area contributed by atoms with E-state index in [9.17, 15) is 10.1 Å². The summed E-state index contributed by atoms with van der Waals surface area (Å²) in [6.45, 7) is 1.91. The number of carbonyl (C=O) groups excluding carboxylic acids is 1. The van der Waals surface area contributed by atoms with Crippen molar-refractivity contribution in [2.75, 3.05) is 7.11 Å². The van der Waals surface area contributed by atoms with E-state index in [1.54, 1.807) is 31.4 Å². The number of halogens is 1. The summed E-state index contributed by atoms with van der Waals surface area (Å²) in [7, 11) is 1.56. The van der Waals surface area contributed by atoms with Gasteiger partial charge in [0.15, 0.2) is 5.78 Å². The molecule has 1 aromatic heterocycles. The number of nitrogens with zero attached hydrogens (tertiary/aromatic N) is 1. The van der Waals surface area contributed by atoms with Gasteiger partial charge in [-0.15, -0.1) is 11.3 Å². The van der Waals surface area contributed by atoms with Gasteiger partial charge in [0, 0.05) is 0 Å². The van der Waals surface area contributed by atoms with Crippen LogP contribution in [0.2, 0.25) is 4.34 Å². The van der Waals surface area contributed by atoms with Crippen LogP contribution in [-0.2, 0) is 0 Å². The molecule has 0 aliphatic carbocycles. The predicted molar refractivity (Wildman–Crippen MR) is 79.7 cm³/mol. The van der Waals surface area contributed by atoms with Gasteiger partial charge in [0.25, 0.3) is 0 Å². The predicted octanol–water partition coefficient (Wildman–Crippen LogP) is 4.21.